The fraction of sp³-hybridized carbons (Fsp3) is 0.211. The number of halogens is 2. The summed E-state index contributed by atoms with van der Waals surface area (Å²) in [5.74, 6) is 1.45. The molecule has 8 heteroatoms. The van der Waals surface area contributed by atoms with E-state index in [1.165, 1.54) is 0 Å². The molecule has 1 aliphatic rings. The number of rotatable bonds is 5. The lowest BCUT2D eigenvalue weighted by molar-refractivity contribution is 0.324. The Morgan fingerprint density at radius 1 is 1.07 bits per heavy atom. The smallest absolute Gasteiger partial charge is 0.255 e. The molecule has 0 bridgehead atoms. The summed E-state index contributed by atoms with van der Waals surface area (Å²) in [6.07, 6.45) is 3.39. The molecule has 0 amide bonds. The highest BCUT2D eigenvalue weighted by atomic mass is 35.5. The zero-order valence-corrected chi connectivity index (χ0v) is 16.0. The maximum Gasteiger partial charge on any atom is 0.255 e. The number of anilines is 1. The van der Waals surface area contributed by atoms with Gasteiger partial charge in [-0.15, -0.1) is 12.4 Å². The Labute approximate surface area is 167 Å². The molecule has 3 aromatic rings. The third kappa shape index (κ3) is 4.23. The maximum atomic E-state index is 12.4. The molecule has 0 aliphatic carbocycles. The zero-order chi connectivity index (χ0) is 17.9. The van der Waals surface area contributed by atoms with E-state index in [1.54, 1.807) is 35.2 Å². The normalized spacial score (nSPS) is 12.4. The van der Waals surface area contributed by atoms with Crippen LogP contribution >= 0.6 is 24.0 Å². The maximum absolute atomic E-state index is 12.4. The van der Waals surface area contributed by atoms with Gasteiger partial charge in [0.25, 0.3) is 5.56 Å². The van der Waals surface area contributed by atoms with Crippen molar-refractivity contribution in [1.82, 2.24) is 14.5 Å². The Hall–Kier alpha value is -2.57. The lowest BCUT2D eigenvalue weighted by Gasteiger charge is -2.18. The van der Waals surface area contributed by atoms with Crippen LogP contribution in [-0.2, 0) is 6.54 Å². The molecule has 27 heavy (non-hydrogen) atoms. The molecule has 3 heterocycles. The van der Waals surface area contributed by atoms with Crippen molar-refractivity contribution in [2.24, 2.45) is 0 Å². The fourth-order valence-corrected chi connectivity index (χ4v) is 3.08. The average Bonchev–Trinajstić information content (AvgIpc) is 3.08. The minimum absolute atomic E-state index is 0. The number of benzene rings is 1. The lowest BCUT2D eigenvalue weighted by atomic mass is 10.2. The Morgan fingerprint density at radius 3 is 2.56 bits per heavy atom. The summed E-state index contributed by atoms with van der Waals surface area (Å²) in [5, 5.41) is 0.679. The molecule has 0 fully saturated rings. The molecule has 4 rings (SSSR count). The monoisotopic (exact) mass is 404 g/mol. The zero-order valence-electron chi connectivity index (χ0n) is 14.4. The molecule has 140 valence electrons. The van der Waals surface area contributed by atoms with Gasteiger partial charge in [0.05, 0.1) is 12.2 Å². The van der Waals surface area contributed by atoms with Crippen LogP contribution in [0.5, 0.6) is 5.75 Å². The second kappa shape index (κ2) is 8.41. The molecular formula is C19H18Cl2N4O2. The highest BCUT2D eigenvalue weighted by Crippen LogP contribution is 2.22. The Morgan fingerprint density at radius 2 is 1.81 bits per heavy atom. The van der Waals surface area contributed by atoms with Gasteiger partial charge in [0.15, 0.2) is 0 Å². The summed E-state index contributed by atoms with van der Waals surface area (Å²) in [4.78, 5) is 23.2. The molecule has 6 nitrogen and oxygen atoms in total. The van der Waals surface area contributed by atoms with E-state index >= 15 is 0 Å². The summed E-state index contributed by atoms with van der Waals surface area (Å²) >= 11 is 5.88. The minimum atomic E-state index is -0.0390. The highest BCUT2D eigenvalue weighted by molar-refractivity contribution is 6.30. The molecule has 0 radical (unpaired) electrons. The standard InChI is InChI=1S/C19H17ClN4O2.ClH/c20-15-1-3-16(4-2-15)26-12-11-23-9-10-24-18(25)13-17(22-19(23)24)14-5-7-21-8-6-14;/h1-8,13H,9-12H2;1H. The Bertz CT molecular complexity index is 962. The lowest BCUT2D eigenvalue weighted by Crippen LogP contribution is -2.27. The summed E-state index contributed by atoms with van der Waals surface area (Å²) in [5.41, 5.74) is 1.50. The Kier molecular flexibility index (Phi) is 5.98. The van der Waals surface area contributed by atoms with E-state index in [0.29, 0.717) is 36.4 Å². The van der Waals surface area contributed by atoms with E-state index in [2.05, 4.69) is 9.88 Å². The fourth-order valence-electron chi connectivity index (χ4n) is 2.95. The van der Waals surface area contributed by atoms with Gasteiger partial charge in [0.1, 0.15) is 12.4 Å². The van der Waals surface area contributed by atoms with Gasteiger partial charge in [-0.3, -0.25) is 14.3 Å². The van der Waals surface area contributed by atoms with Crippen LogP contribution in [-0.4, -0.2) is 34.2 Å². The molecule has 0 unspecified atom stereocenters. The van der Waals surface area contributed by atoms with Gasteiger partial charge < -0.3 is 9.64 Å². The van der Waals surface area contributed by atoms with Gasteiger partial charge in [-0.2, -0.15) is 0 Å². The van der Waals surface area contributed by atoms with Gasteiger partial charge in [0.2, 0.25) is 5.95 Å². The van der Waals surface area contributed by atoms with Crippen molar-refractivity contribution in [1.29, 1.82) is 0 Å². The Balaban J connectivity index is 0.00000210. The molecule has 0 N–H and O–H groups in total. The van der Waals surface area contributed by atoms with Crippen LogP contribution in [0.4, 0.5) is 5.95 Å². The van der Waals surface area contributed by atoms with Crippen molar-refractivity contribution >= 4 is 30.0 Å². The highest BCUT2D eigenvalue weighted by Gasteiger charge is 2.22. The van der Waals surface area contributed by atoms with Crippen LogP contribution in [0.3, 0.4) is 0 Å². The summed E-state index contributed by atoms with van der Waals surface area (Å²) in [7, 11) is 0. The van der Waals surface area contributed by atoms with Gasteiger partial charge >= 0.3 is 0 Å². The van der Waals surface area contributed by atoms with Gasteiger partial charge in [-0.05, 0) is 36.4 Å². The van der Waals surface area contributed by atoms with Crippen LogP contribution in [0.1, 0.15) is 0 Å². The first-order valence-corrected chi connectivity index (χ1v) is 8.74. The summed E-state index contributed by atoms with van der Waals surface area (Å²) in [6.45, 7) is 2.52. The van der Waals surface area contributed by atoms with Gasteiger partial charge in [-0.1, -0.05) is 11.6 Å². The first-order valence-electron chi connectivity index (χ1n) is 8.36. The topological polar surface area (TPSA) is 60.2 Å². The third-order valence-corrected chi connectivity index (χ3v) is 4.54. The van der Waals surface area contributed by atoms with Crippen molar-refractivity contribution in [2.45, 2.75) is 6.54 Å². The average molecular weight is 405 g/mol. The first kappa shape index (κ1) is 19.2. The number of aromatic nitrogens is 3. The number of pyridine rings is 1. The number of ether oxygens (including phenoxy) is 1. The summed E-state index contributed by atoms with van der Waals surface area (Å²) < 4.78 is 7.46. The quantitative estimate of drug-likeness (QED) is 0.652. The second-order valence-corrected chi connectivity index (χ2v) is 6.39. The molecule has 1 aromatic carbocycles. The number of hydrogen-bond donors (Lipinski definition) is 0. The van der Waals surface area contributed by atoms with E-state index in [1.807, 2.05) is 24.3 Å². The van der Waals surface area contributed by atoms with E-state index in [9.17, 15) is 4.79 Å². The molecule has 1 aliphatic heterocycles. The number of hydrogen-bond acceptors (Lipinski definition) is 5. The molecule has 0 atom stereocenters. The predicted molar refractivity (Wildman–Crippen MR) is 108 cm³/mol. The van der Waals surface area contributed by atoms with Crippen molar-refractivity contribution in [3.8, 4) is 17.0 Å². The van der Waals surface area contributed by atoms with E-state index in [4.69, 9.17) is 21.3 Å². The van der Waals surface area contributed by atoms with Crippen molar-refractivity contribution in [3.05, 3.63) is 70.2 Å². The van der Waals surface area contributed by atoms with Crippen molar-refractivity contribution in [2.75, 3.05) is 24.6 Å². The van der Waals surface area contributed by atoms with Crippen LogP contribution in [0.2, 0.25) is 5.02 Å². The SMILES string of the molecule is Cl.O=c1cc(-c2ccncc2)nc2n1CCN2CCOc1ccc(Cl)cc1. The molecule has 0 spiro atoms. The molecule has 0 saturated carbocycles. The molecule has 2 aromatic heterocycles. The van der Waals surface area contributed by atoms with Gasteiger partial charge in [-0.25, -0.2) is 4.98 Å². The summed E-state index contributed by atoms with van der Waals surface area (Å²) in [6, 6.07) is 12.5. The minimum Gasteiger partial charge on any atom is -0.492 e. The van der Waals surface area contributed by atoms with Crippen LogP contribution < -0.4 is 15.2 Å². The van der Waals surface area contributed by atoms with Crippen molar-refractivity contribution < 1.29 is 4.74 Å². The van der Waals surface area contributed by atoms with E-state index in [-0.39, 0.29) is 18.0 Å². The molecule has 0 saturated heterocycles. The van der Waals surface area contributed by atoms with Crippen LogP contribution in [0.25, 0.3) is 11.3 Å². The van der Waals surface area contributed by atoms with E-state index in [0.717, 1.165) is 17.9 Å². The van der Waals surface area contributed by atoms with Crippen LogP contribution in [0, 0.1) is 0 Å². The second-order valence-electron chi connectivity index (χ2n) is 5.96. The molecular weight excluding hydrogens is 387 g/mol. The number of fused-ring (bicyclic) bond motifs is 1. The third-order valence-electron chi connectivity index (χ3n) is 4.28. The van der Waals surface area contributed by atoms with Crippen molar-refractivity contribution in [3.63, 3.8) is 0 Å². The number of nitrogens with zero attached hydrogens (tertiary/aromatic N) is 4. The van der Waals surface area contributed by atoms with Gasteiger partial charge in [0, 0.05) is 42.1 Å². The first-order chi connectivity index (χ1) is 12.7. The predicted octanol–water partition coefficient (Wildman–Crippen LogP) is 3.28. The van der Waals surface area contributed by atoms with Crippen LogP contribution in [0.15, 0.2) is 59.7 Å². The largest absolute Gasteiger partial charge is 0.492 e. The van der Waals surface area contributed by atoms with E-state index < -0.39 is 0 Å².